The molecule has 0 aliphatic carbocycles. The topological polar surface area (TPSA) is 0 Å². The molecule has 0 saturated carbocycles. The molecule has 0 aliphatic rings. The second-order valence-electron chi connectivity index (χ2n) is 3.04. The fourth-order valence-electron chi connectivity index (χ4n) is 1.38. The molecule has 0 amide bonds. The molecule has 0 saturated heterocycles. The first kappa shape index (κ1) is 10.5. The summed E-state index contributed by atoms with van der Waals surface area (Å²) in [6.07, 6.45) is 0. The standard InChI is InChI=1S/C11H11BrS2/c1-2-13-6-8-7-14-11-4-3-9(12)5-10(8)11/h3-5,7H,2,6H2,1H3. The monoisotopic (exact) mass is 286 g/mol. The zero-order chi connectivity index (χ0) is 9.97. The van der Waals surface area contributed by atoms with Gasteiger partial charge in [-0.15, -0.1) is 11.3 Å². The van der Waals surface area contributed by atoms with E-state index in [-0.39, 0.29) is 0 Å². The first-order valence-electron chi connectivity index (χ1n) is 4.54. The molecule has 0 aliphatic heterocycles. The molecule has 0 unspecified atom stereocenters. The van der Waals surface area contributed by atoms with Gasteiger partial charge in [-0.2, -0.15) is 11.8 Å². The molecule has 2 aromatic rings. The smallest absolute Gasteiger partial charge is 0.0346 e. The minimum Gasteiger partial charge on any atom is -0.157 e. The number of hydrogen-bond donors (Lipinski definition) is 0. The molecule has 2 rings (SSSR count). The van der Waals surface area contributed by atoms with Crippen molar-refractivity contribution in [3.63, 3.8) is 0 Å². The third kappa shape index (κ3) is 2.15. The third-order valence-electron chi connectivity index (χ3n) is 2.08. The molecule has 0 radical (unpaired) electrons. The number of fused-ring (bicyclic) bond motifs is 1. The highest BCUT2D eigenvalue weighted by atomic mass is 79.9. The summed E-state index contributed by atoms with van der Waals surface area (Å²) in [6.45, 7) is 2.20. The summed E-state index contributed by atoms with van der Waals surface area (Å²) in [5.74, 6) is 2.32. The van der Waals surface area contributed by atoms with Crippen molar-refractivity contribution in [3.05, 3.63) is 33.6 Å². The van der Waals surface area contributed by atoms with Crippen LogP contribution in [0.3, 0.4) is 0 Å². The van der Waals surface area contributed by atoms with Crippen LogP contribution in [-0.4, -0.2) is 5.75 Å². The molecular formula is C11H11BrS2. The molecule has 0 spiro atoms. The minimum absolute atomic E-state index is 1.13. The van der Waals surface area contributed by atoms with Gasteiger partial charge < -0.3 is 0 Å². The van der Waals surface area contributed by atoms with Gasteiger partial charge in [0.05, 0.1) is 0 Å². The first-order chi connectivity index (χ1) is 6.81. The predicted molar refractivity (Wildman–Crippen MR) is 71.4 cm³/mol. The van der Waals surface area contributed by atoms with Crippen molar-refractivity contribution in [2.45, 2.75) is 12.7 Å². The van der Waals surface area contributed by atoms with Crippen LogP contribution in [0.25, 0.3) is 10.1 Å². The van der Waals surface area contributed by atoms with E-state index in [0.717, 1.165) is 5.75 Å². The molecular weight excluding hydrogens is 276 g/mol. The van der Waals surface area contributed by atoms with Crippen molar-refractivity contribution in [3.8, 4) is 0 Å². The van der Waals surface area contributed by atoms with Crippen LogP contribution in [0.4, 0.5) is 0 Å². The summed E-state index contributed by atoms with van der Waals surface area (Å²) in [4.78, 5) is 0. The van der Waals surface area contributed by atoms with Crippen molar-refractivity contribution in [2.75, 3.05) is 5.75 Å². The largest absolute Gasteiger partial charge is 0.157 e. The van der Waals surface area contributed by atoms with Crippen molar-refractivity contribution in [2.24, 2.45) is 0 Å². The summed E-state index contributed by atoms with van der Waals surface area (Å²) in [5, 5.41) is 3.69. The van der Waals surface area contributed by atoms with Crippen LogP contribution >= 0.6 is 39.0 Å². The maximum atomic E-state index is 3.52. The van der Waals surface area contributed by atoms with Gasteiger partial charge in [0.25, 0.3) is 0 Å². The lowest BCUT2D eigenvalue weighted by molar-refractivity contribution is 1.45. The van der Waals surface area contributed by atoms with Crippen LogP contribution in [0, 0.1) is 0 Å². The van der Waals surface area contributed by atoms with Gasteiger partial charge in [-0.05, 0) is 40.3 Å². The first-order valence-corrected chi connectivity index (χ1v) is 7.37. The lowest BCUT2D eigenvalue weighted by Gasteiger charge is -1.98. The van der Waals surface area contributed by atoms with Gasteiger partial charge in [-0.3, -0.25) is 0 Å². The van der Waals surface area contributed by atoms with Crippen LogP contribution in [0.5, 0.6) is 0 Å². The van der Waals surface area contributed by atoms with Gasteiger partial charge in [-0.1, -0.05) is 22.9 Å². The molecule has 3 heteroatoms. The fourth-order valence-corrected chi connectivity index (χ4v) is 3.45. The average molecular weight is 287 g/mol. The van der Waals surface area contributed by atoms with Gasteiger partial charge in [0, 0.05) is 14.9 Å². The zero-order valence-corrected chi connectivity index (χ0v) is 11.1. The van der Waals surface area contributed by atoms with E-state index >= 15 is 0 Å². The van der Waals surface area contributed by atoms with Crippen molar-refractivity contribution in [1.82, 2.24) is 0 Å². The second kappa shape index (κ2) is 4.69. The van der Waals surface area contributed by atoms with E-state index < -0.39 is 0 Å². The quantitative estimate of drug-likeness (QED) is 0.772. The van der Waals surface area contributed by atoms with E-state index in [2.05, 4.69) is 46.4 Å². The Morgan fingerprint density at radius 1 is 1.43 bits per heavy atom. The highest BCUT2D eigenvalue weighted by molar-refractivity contribution is 9.10. The Labute approximate surface area is 101 Å². The second-order valence-corrected chi connectivity index (χ2v) is 6.14. The number of thioether (sulfide) groups is 1. The van der Waals surface area contributed by atoms with Gasteiger partial charge in [0.2, 0.25) is 0 Å². The number of benzene rings is 1. The highest BCUT2D eigenvalue weighted by Gasteiger charge is 2.03. The van der Waals surface area contributed by atoms with E-state index in [9.17, 15) is 0 Å². The lowest BCUT2D eigenvalue weighted by atomic mass is 10.2. The van der Waals surface area contributed by atoms with Gasteiger partial charge in [0.1, 0.15) is 0 Å². The highest BCUT2D eigenvalue weighted by Crippen LogP contribution is 2.30. The summed E-state index contributed by atoms with van der Waals surface area (Å²) in [7, 11) is 0. The lowest BCUT2D eigenvalue weighted by Crippen LogP contribution is -1.77. The summed E-state index contributed by atoms with van der Waals surface area (Å²) in [5.41, 5.74) is 1.47. The Hall–Kier alpha value is 0.01000. The number of thiophene rings is 1. The predicted octanol–water partition coefficient (Wildman–Crippen LogP) is 4.92. The van der Waals surface area contributed by atoms with E-state index in [0.29, 0.717) is 0 Å². The van der Waals surface area contributed by atoms with Gasteiger partial charge in [0.15, 0.2) is 0 Å². The van der Waals surface area contributed by atoms with E-state index in [4.69, 9.17) is 0 Å². The van der Waals surface area contributed by atoms with Crippen LogP contribution in [-0.2, 0) is 5.75 Å². The summed E-state index contributed by atoms with van der Waals surface area (Å²) < 4.78 is 2.56. The molecule has 1 aromatic carbocycles. The Bertz CT molecular complexity index is 434. The molecule has 0 fully saturated rings. The van der Waals surface area contributed by atoms with Crippen molar-refractivity contribution >= 4 is 49.1 Å². The van der Waals surface area contributed by atoms with Gasteiger partial charge >= 0.3 is 0 Å². The van der Waals surface area contributed by atoms with Crippen molar-refractivity contribution < 1.29 is 0 Å². The Morgan fingerprint density at radius 2 is 2.29 bits per heavy atom. The summed E-state index contributed by atoms with van der Waals surface area (Å²) in [6, 6.07) is 6.51. The van der Waals surface area contributed by atoms with E-state index in [1.54, 1.807) is 0 Å². The number of hydrogen-bond acceptors (Lipinski definition) is 2. The van der Waals surface area contributed by atoms with E-state index in [1.807, 2.05) is 23.1 Å². The average Bonchev–Trinajstić information content (AvgIpc) is 2.57. The van der Waals surface area contributed by atoms with E-state index in [1.165, 1.54) is 25.9 Å². The number of halogens is 1. The normalized spacial score (nSPS) is 11.0. The fraction of sp³-hybridized carbons (Fsp3) is 0.273. The molecule has 0 atom stereocenters. The molecule has 1 aromatic heterocycles. The molecule has 0 nitrogen and oxygen atoms in total. The van der Waals surface area contributed by atoms with Crippen LogP contribution in [0.2, 0.25) is 0 Å². The molecule has 1 heterocycles. The summed E-state index contributed by atoms with van der Waals surface area (Å²) >= 11 is 7.33. The zero-order valence-electron chi connectivity index (χ0n) is 7.92. The third-order valence-corrected chi connectivity index (χ3v) is 4.51. The molecule has 0 N–H and O–H groups in total. The Morgan fingerprint density at radius 3 is 3.07 bits per heavy atom. The molecule has 14 heavy (non-hydrogen) atoms. The molecule has 74 valence electrons. The maximum Gasteiger partial charge on any atom is 0.0346 e. The van der Waals surface area contributed by atoms with Crippen LogP contribution in [0.15, 0.2) is 28.1 Å². The van der Waals surface area contributed by atoms with Crippen LogP contribution < -0.4 is 0 Å². The Balaban J connectivity index is 2.40. The SMILES string of the molecule is CCSCc1csc2ccc(Br)cc12. The Kier molecular flexibility index (Phi) is 3.52. The van der Waals surface area contributed by atoms with Gasteiger partial charge in [-0.25, -0.2) is 0 Å². The molecule has 0 bridgehead atoms. The van der Waals surface area contributed by atoms with Crippen LogP contribution in [0.1, 0.15) is 12.5 Å². The maximum absolute atomic E-state index is 3.52. The van der Waals surface area contributed by atoms with Crippen molar-refractivity contribution in [1.29, 1.82) is 0 Å². The number of rotatable bonds is 3. The minimum atomic E-state index is 1.13.